The summed E-state index contributed by atoms with van der Waals surface area (Å²) in [5.74, 6) is -2.49. The van der Waals surface area contributed by atoms with Crippen molar-refractivity contribution < 1.29 is 19.8 Å². The Morgan fingerprint density at radius 3 is 2.52 bits per heavy atom. The molecule has 0 aliphatic rings. The van der Waals surface area contributed by atoms with E-state index in [1.807, 2.05) is 0 Å². The molecular formula is C17H10Cl2N2O4. The number of aliphatic carboxylic acids is 1. The molecule has 0 radical (unpaired) electrons. The third-order valence-corrected chi connectivity index (χ3v) is 4.04. The first kappa shape index (κ1) is 17.0. The Balaban J connectivity index is 2.35. The highest BCUT2D eigenvalue weighted by Gasteiger charge is 2.21. The van der Waals surface area contributed by atoms with Crippen molar-refractivity contribution in [2.45, 2.75) is 0 Å². The maximum atomic E-state index is 11.7. The molecule has 25 heavy (non-hydrogen) atoms. The van der Waals surface area contributed by atoms with E-state index in [4.69, 9.17) is 23.2 Å². The number of carboxylic acid groups (broad SMARTS) is 2. The second kappa shape index (κ2) is 6.58. The Hall–Kier alpha value is -2.83. The molecule has 0 spiro atoms. The fourth-order valence-corrected chi connectivity index (χ4v) is 3.09. The zero-order valence-electron chi connectivity index (χ0n) is 12.5. The molecule has 0 aliphatic carbocycles. The van der Waals surface area contributed by atoms with Crippen LogP contribution in [0.2, 0.25) is 10.0 Å². The summed E-state index contributed by atoms with van der Waals surface area (Å²) in [4.78, 5) is 30.0. The summed E-state index contributed by atoms with van der Waals surface area (Å²) in [5, 5.41) is 19.9. The summed E-state index contributed by atoms with van der Waals surface area (Å²) in [5.41, 5.74) is 0.397. The van der Waals surface area contributed by atoms with Gasteiger partial charge in [-0.15, -0.1) is 0 Å². The van der Waals surface area contributed by atoms with Gasteiger partial charge in [0, 0.05) is 27.7 Å². The van der Waals surface area contributed by atoms with Crippen LogP contribution in [-0.4, -0.2) is 32.1 Å². The molecule has 0 atom stereocenters. The molecule has 0 saturated carbocycles. The molecule has 0 fully saturated rings. The van der Waals surface area contributed by atoms with Crippen LogP contribution >= 0.6 is 23.2 Å². The van der Waals surface area contributed by atoms with Crippen LogP contribution in [0.5, 0.6) is 0 Å². The van der Waals surface area contributed by atoms with E-state index in [0.717, 1.165) is 0 Å². The third-order valence-electron chi connectivity index (χ3n) is 3.53. The number of carboxylic acids is 2. The van der Waals surface area contributed by atoms with Gasteiger partial charge in [0.25, 0.3) is 0 Å². The molecule has 3 aromatic rings. The average Bonchev–Trinajstić information content (AvgIpc) is 2.91. The van der Waals surface area contributed by atoms with Crippen LogP contribution in [0.3, 0.4) is 0 Å². The number of halogens is 2. The molecule has 1 aromatic carbocycles. The molecule has 3 N–H and O–H groups in total. The molecule has 126 valence electrons. The summed E-state index contributed by atoms with van der Waals surface area (Å²) in [6.07, 6.45) is 2.69. The number of aromatic amines is 1. The highest BCUT2D eigenvalue weighted by Crippen LogP contribution is 2.34. The summed E-state index contributed by atoms with van der Waals surface area (Å²) in [6.45, 7) is 0. The number of aromatic carboxylic acids is 1. The molecule has 6 nitrogen and oxygen atoms in total. The molecule has 0 bridgehead atoms. The number of pyridine rings is 1. The average molecular weight is 377 g/mol. The molecule has 0 unspecified atom stereocenters. The third kappa shape index (κ3) is 3.22. The molecule has 3 rings (SSSR count). The molecule has 0 aliphatic heterocycles. The minimum absolute atomic E-state index is 0.146. The van der Waals surface area contributed by atoms with Crippen LogP contribution in [-0.2, 0) is 4.79 Å². The van der Waals surface area contributed by atoms with E-state index in [0.29, 0.717) is 15.9 Å². The van der Waals surface area contributed by atoms with Gasteiger partial charge < -0.3 is 15.2 Å². The standard InChI is InChI=1S/C17H10Cl2N2O4/c18-8-5-11(19)14-10(15(17(24)25)21-13(14)6-8)7-9(16(22)23)12-3-1-2-4-20-12/h1-7,21H,(H,22,23)(H,24,25)/b9-7+. The minimum Gasteiger partial charge on any atom is -0.478 e. The summed E-state index contributed by atoms with van der Waals surface area (Å²) >= 11 is 12.2. The predicted octanol–water partition coefficient (Wildman–Crippen LogP) is 4.19. The van der Waals surface area contributed by atoms with E-state index in [1.165, 1.54) is 30.5 Å². The number of hydrogen-bond donors (Lipinski definition) is 3. The fourth-order valence-electron chi connectivity index (χ4n) is 2.50. The number of carbonyl (C=O) groups is 2. The SMILES string of the molecule is O=C(O)/C(=C/c1c(C(=O)O)[nH]c2cc(Cl)cc(Cl)c12)c1ccccn1. The number of aromatic nitrogens is 2. The Labute approximate surface area is 151 Å². The van der Waals surface area contributed by atoms with Crippen LogP contribution in [0.25, 0.3) is 22.6 Å². The molecule has 2 aromatic heterocycles. The van der Waals surface area contributed by atoms with Crippen LogP contribution in [0.4, 0.5) is 0 Å². The molecular weight excluding hydrogens is 367 g/mol. The van der Waals surface area contributed by atoms with Crippen molar-refractivity contribution in [1.82, 2.24) is 9.97 Å². The highest BCUT2D eigenvalue weighted by atomic mass is 35.5. The first-order valence-corrected chi connectivity index (χ1v) is 7.74. The number of fused-ring (bicyclic) bond motifs is 1. The minimum atomic E-state index is -1.25. The summed E-state index contributed by atoms with van der Waals surface area (Å²) < 4.78 is 0. The largest absolute Gasteiger partial charge is 0.478 e. The van der Waals surface area contributed by atoms with E-state index >= 15 is 0 Å². The lowest BCUT2D eigenvalue weighted by Crippen LogP contribution is -2.03. The second-order valence-corrected chi connectivity index (χ2v) is 5.95. The van der Waals surface area contributed by atoms with Crippen molar-refractivity contribution in [1.29, 1.82) is 0 Å². The maximum absolute atomic E-state index is 11.7. The second-order valence-electron chi connectivity index (χ2n) is 5.11. The summed E-state index contributed by atoms with van der Waals surface area (Å²) in [6, 6.07) is 7.79. The fraction of sp³-hybridized carbons (Fsp3) is 0. The Morgan fingerprint density at radius 1 is 1.16 bits per heavy atom. The van der Waals surface area contributed by atoms with Crippen molar-refractivity contribution in [3.63, 3.8) is 0 Å². The number of H-pyrrole nitrogens is 1. The number of rotatable bonds is 4. The first-order chi connectivity index (χ1) is 11.9. The van der Waals surface area contributed by atoms with Gasteiger partial charge in [-0.25, -0.2) is 9.59 Å². The zero-order valence-corrected chi connectivity index (χ0v) is 14.0. The quantitative estimate of drug-likeness (QED) is 0.592. The lowest BCUT2D eigenvalue weighted by Gasteiger charge is -2.03. The van der Waals surface area contributed by atoms with Crippen LogP contribution < -0.4 is 0 Å². The lowest BCUT2D eigenvalue weighted by atomic mass is 10.0. The van der Waals surface area contributed by atoms with E-state index < -0.39 is 11.9 Å². The van der Waals surface area contributed by atoms with Crippen molar-refractivity contribution in [2.24, 2.45) is 0 Å². The van der Waals surface area contributed by atoms with E-state index in [-0.39, 0.29) is 27.5 Å². The number of hydrogen-bond acceptors (Lipinski definition) is 3. The van der Waals surface area contributed by atoms with Crippen LogP contribution in [0.15, 0.2) is 36.5 Å². The Bertz CT molecular complexity index is 1030. The van der Waals surface area contributed by atoms with Crippen LogP contribution in [0, 0.1) is 0 Å². The molecule has 0 saturated heterocycles. The smallest absolute Gasteiger partial charge is 0.352 e. The number of nitrogens with one attached hydrogen (secondary N) is 1. The van der Waals surface area contributed by atoms with E-state index in [9.17, 15) is 19.8 Å². The monoisotopic (exact) mass is 376 g/mol. The highest BCUT2D eigenvalue weighted by molar-refractivity contribution is 6.39. The van der Waals surface area contributed by atoms with Gasteiger partial charge in [0.05, 0.1) is 16.3 Å². The van der Waals surface area contributed by atoms with Gasteiger partial charge in [0.1, 0.15) is 5.69 Å². The van der Waals surface area contributed by atoms with Crippen molar-refractivity contribution in [2.75, 3.05) is 0 Å². The Kier molecular flexibility index (Phi) is 4.48. The van der Waals surface area contributed by atoms with Gasteiger partial charge in [-0.3, -0.25) is 4.98 Å². The van der Waals surface area contributed by atoms with Gasteiger partial charge in [0.15, 0.2) is 0 Å². The molecule has 0 amide bonds. The van der Waals surface area contributed by atoms with Gasteiger partial charge in [-0.2, -0.15) is 0 Å². The number of benzene rings is 1. The van der Waals surface area contributed by atoms with Crippen molar-refractivity contribution in [3.8, 4) is 0 Å². The topological polar surface area (TPSA) is 103 Å². The molecule has 8 heteroatoms. The Morgan fingerprint density at radius 2 is 1.92 bits per heavy atom. The first-order valence-electron chi connectivity index (χ1n) is 6.99. The number of nitrogens with zero attached hydrogens (tertiary/aromatic N) is 1. The van der Waals surface area contributed by atoms with Crippen LogP contribution in [0.1, 0.15) is 21.7 Å². The lowest BCUT2D eigenvalue weighted by molar-refractivity contribution is -0.130. The van der Waals surface area contributed by atoms with Gasteiger partial charge in [0.2, 0.25) is 0 Å². The molecule has 2 heterocycles. The summed E-state index contributed by atoms with van der Waals surface area (Å²) in [7, 11) is 0. The van der Waals surface area contributed by atoms with Crippen molar-refractivity contribution in [3.05, 3.63) is 63.5 Å². The van der Waals surface area contributed by atoms with Gasteiger partial charge >= 0.3 is 11.9 Å². The van der Waals surface area contributed by atoms with Gasteiger partial charge in [-0.05, 0) is 30.3 Å². The van der Waals surface area contributed by atoms with Gasteiger partial charge in [-0.1, -0.05) is 29.3 Å². The normalized spacial score (nSPS) is 11.7. The predicted molar refractivity (Wildman–Crippen MR) is 95.0 cm³/mol. The zero-order chi connectivity index (χ0) is 18.1. The van der Waals surface area contributed by atoms with Crippen molar-refractivity contribution >= 4 is 57.7 Å². The maximum Gasteiger partial charge on any atom is 0.352 e. The van der Waals surface area contributed by atoms with E-state index in [1.54, 1.807) is 12.1 Å². The van der Waals surface area contributed by atoms with E-state index in [2.05, 4.69) is 9.97 Å².